The second-order valence-corrected chi connectivity index (χ2v) is 5.03. The molecule has 6 nitrogen and oxygen atoms in total. The van der Waals surface area contributed by atoms with Crippen LogP contribution in [0.3, 0.4) is 0 Å². The zero-order chi connectivity index (χ0) is 15.0. The van der Waals surface area contributed by atoms with Crippen molar-refractivity contribution in [1.82, 2.24) is 15.0 Å². The van der Waals surface area contributed by atoms with Crippen molar-refractivity contribution in [1.29, 1.82) is 0 Å². The van der Waals surface area contributed by atoms with E-state index >= 15 is 0 Å². The highest BCUT2D eigenvalue weighted by Crippen LogP contribution is 2.41. The highest BCUT2D eigenvalue weighted by Gasteiger charge is 2.33. The minimum atomic E-state index is -1.08. The molecule has 3 rings (SSSR count). The molecule has 0 saturated heterocycles. The smallest absolute Gasteiger partial charge is 0.358 e. The van der Waals surface area contributed by atoms with E-state index in [0.29, 0.717) is 11.3 Å². The lowest BCUT2D eigenvalue weighted by Gasteiger charge is -2.08. The number of hydrogen-bond donors (Lipinski definition) is 1. The first kappa shape index (κ1) is 13.5. The lowest BCUT2D eigenvalue weighted by molar-refractivity contribution is 0.0689. The minimum Gasteiger partial charge on any atom is -0.494 e. The van der Waals surface area contributed by atoms with Gasteiger partial charge in [-0.1, -0.05) is 11.3 Å². The summed E-state index contributed by atoms with van der Waals surface area (Å²) in [6.07, 6.45) is 1.87. The van der Waals surface area contributed by atoms with Crippen molar-refractivity contribution in [3.8, 4) is 5.75 Å². The lowest BCUT2D eigenvalue weighted by atomic mass is 10.2. The maximum atomic E-state index is 13.7. The number of ether oxygens (including phenoxy) is 1. The number of nitrogens with zero attached hydrogens (tertiary/aromatic N) is 3. The van der Waals surface area contributed by atoms with E-state index in [1.807, 2.05) is 0 Å². The van der Waals surface area contributed by atoms with Crippen molar-refractivity contribution in [2.24, 2.45) is 0 Å². The van der Waals surface area contributed by atoms with E-state index in [1.165, 1.54) is 19.2 Å². The van der Waals surface area contributed by atoms with Crippen LogP contribution in [0.5, 0.6) is 5.75 Å². The van der Waals surface area contributed by atoms with Crippen LogP contribution in [0.2, 0.25) is 0 Å². The molecule has 0 atom stereocenters. The maximum absolute atomic E-state index is 13.7. The molecule has 0 bridgehead atoms. The predicted octanol–water partition coefficient (Wildman–Crippen LogP) is 2.05. The minimum absolute atomic E-state index is 0.00789. The Morgan fingerprint density at radius 1 is 1.52 bits per heavy atom. The second-order valence-electron chi connectivity index (χ2n) is 5.03. The average Bonchev–Trinajstić information content (AvgIpc) is 3.20. The van der Waals surface area contributed by atoms with E-state index in [9.17, 15) is 9.18 Å². The molecule has 0 amide bonds. The lowest BCUT2D eigenvalue weighted by Crippen LogP contribution is -2.08. The van der Waals surface area contributed by atoms with Crippen LogP contribution in [0.4, 0.5) is 4.39 Å². The molecular formula is C14H14FN3O3. The van der Waals surface area contributed by atoms with Gasteiger partial charge < -0.3 is 9.84 Å². The Bertz CT molecular complexity index is 695. The fourth-order valence-corrected chi connectivity index (χ4v) is 2.33. The molecule has 2 aromatic rings. The van der Waals surface area contributed by atoms with Gasteiger partial charge in [-0.15, -0.1) is 5.10 Å². The van der Waals surface area contributed by atoms with Gasteiger partial charge in [-0.3, -0.25) is 0 Å². The quantitative estimate of drug-likeness (QED) is 0.912. The van der Waals surface area contributed by atoms with Crippen LogP contribution in [0.25, 0.3) is 0 Å². The molecule has 1 heterocycles. The van der Waals surface area contributed by atoms with Crippen LogP contribution in [-0.2, 0) is 6.54 Å². The molecule has 1 aromatic carbocycles. The molecule has 0 radical (unpaired) electrons. The van der Waals surface area contributed by atoms with Gasteiger partial charge in [0.25, 0.3) is 0 Å². The molecule has 1 fully saturated rings. The van der Waals surface area contributed by atoms with Crippen molar-refractivity contribution in [3.63, 3.8) is 0 Å². The Balaban J connectivity index is 1.91. The summed E-state index contributed by atoms with van der Waals surface area (Å²) in [5, 5.41) is 16.8. The molecule has 110 valence electrons. The Hall–Kier alpha value is -2.44. The third-order valence-corrected chi connectivity index (χ3v) is 3.49. The SMILES string of the molecule is COc1ccc(Cn2nnc(C(=O)O)c2C2CC2)cc1F. The van der Waals surface area contributed by atoms with Crippen LogP contribution in [-0.4, -0.2) is 33.2 Å². The van der Waals surface area contributed by atoms with Gasteiger partial charge >= 0.3 is 5.97 Å². The van der Waals surface area contributed by atoms with E-state index < -0.39 is 11.8 Å². The summed E-state index contributed by atoms with van der Waals surface area (Å²) >= 11 is 0. The number of carbonyl (C=O) groups is 1. The van der Waals surface area contributed by atoms with Crippen LogP contribution in [0, 0.1) is 5.82 Å². The van der Waals surface area contributed by atoms with Gasteiger partial charge in [0.1, 0.15) is 0 Å². The molecule has 1 saturated carbocycles. The Labute approximate surface area is 120 Å². The van der Waals surface area contributed by atoms with E-state index in [-0.39, 0.29) is 23.9 Å². The van der Waals surface area contributed by atoms with Crippen molar-refractivity contribution in [3.05, 3.63) is 41.0 Å². The van der Waals surface area contributed by atoms with E-state index in [0.717, 1.165) is 12.8 Å². The molecule has 1 N–H and O–H groups in total. The summed E-state index contributed by atoms with van der Waals surface area (Å²) in [5.74, 6) is -1.18. The summed E-state index contributed by atoms with van der Waals surface area (Å²) in [4.78, 5) is 11.2. The molecule has 0 aliphatic heterocycles. The monoisotopic (exact) mass is 291 g/mol. The zero-order valence-electron chi connectivity index (χ0n) is 11.4. The number of carboxylic acid groups (broad SMARTS) is 1. The van der Waals surface area contributed by atoms with E-state index in [4.69, 9.17) is 9.84 Å². The van der Waals surface area contributed by atoms with Crippen LogP contribution in [0.1, 0.15) is 40.5 Å². The number of hydrogen-bond acceptors (Lipinski definition) is 4. The van der Waals surface area contributed by atoms with Crippen molar-refractivity contribution in [2.75, 3.05) is 7.11 Å². The zero-order valence-corrected chi connectivity index (χ0v) is 11.4. The number of aromatic nitrogens is 3. The van der Waals surface area contributed by atoms with Gasteiger partial charge in [0.15, 0.2) is 17.3 Å². The van der Waals surface area contributed by atoms with Crippen LogP contribution >= 0.6 is 0 Å². The first-order valence-corrected chi connectivity index (χ1v) is 6.59. The largest absolute Gasteiger partial charge is 0.494 e. The topological polar surface area (TPSA) is 77.2 Å². The highest BCUT2D eigenvalue weighted by molar-refractivity contribution is 5.86. The Kier molecular flexibility index (Phi) is 3.32. The number of halogens is 1. The van der Waals surface area contributed by atoms with Gasteiger partial charge in [0, 0.05) is 5.92 Å². The maximum Gasteiger partial charge on any atom is 0.358 e. The molecule has 21 heavy (non-hydrogen) atoms. The van der Waals surface area contributed by atoms with E-state index in [1.54, 1.807) is 10.7 Å². The highest BCUT2D eigenvalue weighted by atomic mass is 19.1. The van der Waals surface area contributed by atoms with Gasteiger partial charge in [0.2, 0.25) is 0 Å². The summed E-state index contributed by atoms with van der Waals surface area (Å²) in [6.45, 7) is 0.285. The van der Waals surface area contributed by atoms with Gasteiger partial charge in [-0.2, -0.15) is 0 Å². The average molecular weight is 291 g/mol. The second kappa shape index (κ2) is 5.16. The predicted molar refractivity (Wildman–Crippen MR) is 71.0 cm³/mol. The third kappa shape index (κ3) is 2.58. The third-order valence-electron chi connectivity index (χ3n) is 3.49. The fraction of sp³-hybridized carbons (Fsp3) is 0.357. The Morgan fingerprint density at radius 2 is 2.29 bits per heavy atom. The number of rotatable bonds is 5. The summed E-state index contributed by atoms with van der Waals surface area (Å²) in [6, 6.07) is 4.62. The van der Waals surface area contributed by atoms with Gasteiger partial charge in [-0.05, 0) is 30.5 Å². The summed E-state index contributed by atoms with van der Waals surface area (Å²) < 4.78 is 20.1. The molecule has 1 aromatic heterocycles. The number of aromatic carboxylic acids is 1. The molecule has 1 aliphatic carbocycles. The number of carboxylic acids is 1. The van der Waals surface area contributed by atoms with Gasteiger partial charge in [0.05, 0.1) is 19.3 Å². The standard InChI is InChI=1S/C14H14FN3O3/c1-21-11-5-2-8(6-10(11)15)7-18-13(9-3-4-9)12(14(19)20)16-17-18/h2,5-6,9H,3-4,7H2,1H3,(H,19,20). The molecule has 1 aliphatic rings. The van der Waals surface area contributed by atoms with Crippen molar-refractivity contribution < 1.29 is 19.0 Å². The Morgan fingerprint density at radius 3 is 2.86 bits per heavy atom. The first-order valence-electron chi connectivity index (χ1n) is 6.59. The summed E-state index contributed by atoms with van der Waals surface area (Å²) in [7, 11) is 1.40. The fourth-order valence-electron chi connectivity index (χ4n) is 2.33. The van der Waals surface area contributed by atoms with E-state index in [2.05, 4.69) is 10.3 Å². The first-order chi connectivity index (χ1) is 10.1. The molecule has 0 unspecified atom stereocenters. The molecule has 0 spiro atoms. The molecular weight excluding hydrogens is 277 g/mol. The van der Waals surface area contributed by atoms with Crippen molar-refractivity contribution in [2.45, 2.75) is 25.3 Å². The van der Waals surface area contributed by atoms with Crippen LogP contribution < -0.4 is 4.74 Å². The van der Waals surface area contributed by atoms with Crippen LogP contribution in [0.15, 0.2) is 18.2 Å². The molecule has 7 heteroatoms. The number of benzene rings is 1. The summed E-state index contributed by atoms with van der Waals surface area (Å²) in [5.41, 5.74) is 1.29. The van der Waals surface area contributed by atoms with Gasteiger partial charge in [-0.25, -0.2) is 13.9 Å². The normalized spacial score (nSPS) is 14.2. The van der Waals surface area contributed by atoms with Crippen molar-refractivity contribution >= 4 is 5.97 Å². The number of methoxy groups -OCH3 is 1.